The zero-order valence-corrected chi connectivity index (χ0v) is 13.9. The molecule has 3 aromatic rings. The first-order chi connectivity index (χ1) is 11.9. The highest BCUT2D eigenvalue weighted by Crippen LogP contribution is 2.28. The van der Waals surface area contributed by atoms with Gasteiger partial charge in [-0.05, 0) is 37.1 Å². The minimum Gasteiger partial charge on any atom is -0.327 e. The second kappa shape index (κ2) is 5.71. The van der Waals surface area contributed by atoms with Crippen LogP contribution in [0.25, 0.3) is 22.3 Å². The lowest BCUT2D eigenvalue weighted by Crippen LogP contribution is -2.41. The van der Waals surface area contributed by atoms with Gasteiger partial charge in [-0.25, -0.2) is 4.98 Å². The predicted octanol–water partition coefficient (Wildman–Crippen LogP) is 3.51. The van der Waals surface area contributed by atoms with E-state index < -0.39 is 0 Å². The second-order valence-corrected chi connectivity index (χ2v) is 6.97. The number of pyridine rings is 1. The van der Waals surface area contributed by atoms with Crippen LogP contribution in [0, 0.1) is 0 Å². The molecule has 0 unspecified atom stereocenters. The SMILES string of the molecule is c1ccc(-c2ccc3c(c2)nc2n3CCN(C3CCC3)CC2)nc1. The lowest BCUT2D eigenvalue weighted by atomic mass is 9.91. The third-order valence-electron chi connectivity index (χ3n) is 5.61. The van der Waals surface area contributed by atoms with Gasteiger partial charge in [0.2, 0.25) is 0 Å². The van der Waals surface area contributed by atoms with Gasteiger partial charge in [-0.3, -0.25) is 9.88 Å². The van der Waals surface area contributed by atoms with E-state index >= 15 is 0 Å². The van der Waals surface area contributed by atoms with Crippen molar-refractivity contribution in [2.24, 2.45) is 0 Å². The number of imidazole rings is 1. The highest BCUT2D eigenvalue weighted by Gasteiger charge is 2.27. The van der Waals surface area contributed by atoms with Gasteiger partial charge in [-0.1, -0.05) is 18.6 Å². The monoisotopic (exact) mass is 318 g/mol. The Balaban J connectivity index is 1.48. The van der Waals surface area contributed by atoms with E-state index in [1.807, 2.05) is 18.3 Å². The highest BCUT2D eigenvalue weighted by molar-refractivity contribution is 5.82. The van der Waals surface area contributed by atoms with Crippen LogP contribution in [0.3, 0.4) is 0 Å². The molecule has 1 aliphatic carbocycles. The molecule has 24 heavy (non-hydrogen) atoms. The molecule has 4 nitrogen and oxygen atoms in total. The minimum atomic E-state index is 0.830. The third-order valence-corrected chi connectivity index (χ3v) is 5.61. The van der Waals surface area contributed by atoms with Crippen molar-refractivity contribution < 1.29 is 0 Å². The average Bonchev–Trinajstić information content (AvgIpc) is 2.81. The number of benzene rings is 1. The molecule has 4 heteroatoms. The molecule has 122 valence electrons. The van der Waals surface area contributed by atoms with Crippen molar-refractivity contribution in [1.82, 2.24) is 19.4 Å². The van der Waals surface area contributed by atoms with E-state index in [0.717, 1.165) is 48.9 Å². The summed E-state index contributed by atoms with van der Waals surface area (Å²) in [5.41, 5.74) is 4.52. The average molecular weight is 318 g/mol. The quantitative estimate of drug-likeness (QED) is 0.725. The maximum Gasteiger partial charge on any atom is 0.111 e. The van der Waals surface area contributed by atoms with Gasteiger partial charge >= 0.3 is 0 Å². The van der Waals surface area contributed by atoms with Gasteiger partial charge in [0.1, 0.15) is 5.82 Å². The first-order valence-electron chi connectivity index (χ1n) is 9.03. The van der Waals surface area contributed by atoms with Crippen LogP contribution in [0.15, 0.2) is 42.6 Å². The van der Waals surface area contributed by atoms with E-state index in [1.54, 1.807) is 0 Å². The summed E-state index contributed by atoms with van der Waals surface area (Å²) in [5.74, 6) is 1.24. The predicted molar refractivity (Wildman–Crippen MR) is 95.9 cm³/mol. The normalized spacial score (nSPS) is 19.0. The molecule has 1 aliphatic heterocycles. The van der Waals surface area contributed by atoms with Crippen LogP contribution < -0.4 is 0 Å². The summed E-state index contributed by atoms with van der Waals surface area (Å²) < 4.78 is 2.43. The summed E-state index contributed by atoms with van der Waals surface area (Å²) in [6.45, 7) is 3.37. The molecule has 0 radical (unpaired) electrons. The molecular formula is C20H22N4. The van der Waals surface area contributed by atoms with Crippen molar-refractivity contribution in [3.05, 3.63) is 48.4 Å². The van der Waals surface area contributed by atoms with Gasteiger partial charge in [0.25, 0.3) is 0 Å². The fourth-order valence-electron chi connectivity index (χ4n) is 4.01. The molecule has 5 rings (SSSR count). The molecule has 0 N–H and O–H groups in total. The van der Waals surface area contributed by atoms with E-state index in [4.69, 9.17) is 4.98 Å². The first kappa shape index (κ1) is 14.2. The number of nitrogens with zero attached hydrogens (tertiary/aromatic N) is 4. The maximum atomic E-state index is 4.95. The Morgan fingerprint density at radius 3 is 2.75 bits per heavy atom. The van der Waals surface area contributed by atoms with Gasteiger partial charge in [0, 0.05) is 43.9 Å². The van der Waals surface area contributed by atoms with Crippen LogP contribution >= 0.6 is 0 Å². The summed E-state index contributed by atoms with van der Waals surface area (Å²) in [5, 5.41) is 0. The fraction of sp³-hybridized carbons (Fsp3) is 0.400. The summed E-state index contributed by atoms with van der Waals surface area (Å²) in [4.78, 5) is 12.1. The molecule has 2 aliphatic rings. The molecular weight excluding hydrogens is 296 g/mol. The molecule has 1 fully saturated rings. The van der Waals surface area contributed by atoms with Gasteiger partial charge in [0.15, 0.2) is 0 Å². The van der Waals surface area contributed by atoms with Gasteiger partial charge in [-0.2, -0.15) is 0 Å². The van der Waals surface area contributed by atoms with E-state index in [2.05, 4.69) is 38.7 Å². The number of aromatic nitrogens is 3. The maximum absolute atomic E-state index is 4.95. The molecule has 0 spiro atoms. The van der Waals surface area contributed by atoms with Crippen LogP contribution in [0.2, 0.25) is 0 Å². The molecule has 0 saturated heterocycles. The van der Waals surface area contributed by atoms with Gasteiger partial charge < -0.3 is 4.57 Å². The Kier molecular flexibility index (Phi) is 3.37. The van der Waals surface area contributed by atoms with Crippen LogP contribution in [0.4, 0.5) is 0 Å². The molecule has 3 heterocycles. The van der Waals surface area contributed by atoms with Crippen molar-refractivity contribution >= 4 is 11.0 Å². The third kappa shape index (κ3) is 2.33. The Hall–Kier alpha value is -2.20. The number of hydrogen-bond donors (Lipinski definition) is 0. The van der Waals surface area contributed by atoms with E-state index in [1.165, 1.54) is 30.6 Å². The number of hydrogen-bond acceptors (Lipinski definition) is 3. The summed E-state index contributed by atoms with van der Waals surface area (Å²) in [6.07, 6.45) is 7.08. The van der Waals surface area contributed by atoms with Crippen LogP contribution in [-0.2, 0) is 13.0 Å². The zero-order chi connectivity index (χ0) is 15.9. The van der Waals surface area contributed by atoms with Gasteiger partial charge in [0.05, 0.1) is 16.7 Å². The van der Waals surface area contributed by atoms with E-state index in [-0.39, 0.29) is 0 Å². The largest absolute Gasteiger partial charge is 0.327 e. The topological polar surface area (TPSA) is 34.0 Å². The fourth-order valence-corrected chi connectivity index (χ4v) is 4.01. The van der Waals surface area contributed by atoms with Crippen molar-refractivity contribution in [1.29, 1.82) is 0 Å². The Bertz CT molecular complexity index is 864. The van der Waals surface area contributed by atoms with Crippen LogP contribution in [-0.4, -0.2) is 38.6 Å². The van der Waals surface area contributed by atoms with E-state index in [0.29, 0.717) is 0 Å². The minimum absolute atomic E-state index is 0.830. The van der Waals surface area contributed by atoms with Crippen LogP contribution in [0.1, 0.15) is 25.1 Å². The Morgan fingerprint density at radius 1 is 1.00 bits per heavy atom. The standard InChI is InChI=1S/C20H22N4/c1-2-10-21-17(6-1)15-7-8-19-18(14-15)22-20-9-11-23(12-13-24(19)20)16-4-3-5-16/h1-2,6-8,10,14,16H,3-5,9,11-13H2. The lowest BCUT2D eigenvalue weighted by molar-refractivity contribution is 0.130. The molecule has 1 aromatic carbocycles. The Labute approximate surface area is 142 Å². The first-order valence-corrected chi connectivity index (χ1v) is 9.03. The summed E-state index contributed by atoms with van der Waals surface area (Å²) in [7, 11) is 0. The zero-order valence-electron chi connectivity index (χ0n) is 13.9. The number of rotatable bonds is 2. The molecule has 2 aromatic heterocycles. The van der Waals surface area contributed by atoms with Gasteiger partial charge in [-0.15, -0.1) is 0 Å². The van der Waals surface area contributed by atoms with Crippen molar-refractivity contribution in [3.63, 3.8) is 0 Å². The van der Waals surface area contributed by atoms with E-state index in [9.17, 15) is 0 Å². The lowest BCUT2D eigenvalue weighted by Gasteiger charge is -2.36. The molecule has 0 amide bonds. The molecule has 0 atom stereocenters. The van der Waals surface area contributed by atoms with Crippen molar-refractivity contribution in [3.8, 4) is 11.3 Å². The highest BCUT2D eigenvalue weighted by atomic mass is 15.2. The second-order valence-electron chi connectivity index (χ2n) is 6.97. The Morgan fingerprint density at radius 2 is 1.96 bits per heavy atom. The smallest absolute Gasteiger partial charge is 0.111 e. The summed E-state index contributed by atoms with van der Waals surface area (Å²) in [6, 6.07) is 13.4. The van der Waals surface area contributed by atoms with Crippen LogP contribution in [0.5, 0.6) is 0 Å². The van der Waals surface area contributed by atoms with Crippen molar-refractivity contribution in [2.75, 3.05) is 13.1 Å². The molecule has 1 saturated carbocycles. The van der Waals surface area contributed by atoms with Crippen molar-refractivity contribution in [2.45, 2.75) is 38.3 Å². The summed E-state index contributed by atoms with van der Waals surface area (Å²) >= 11 is 0. The number of fused-ring (bicyclic) bond motifs is 3. The molecule has 0 bridgehead atoms.